The molecule has 1 amide bonds. The Morgan fingerprint density at radius 3 is 2.62 bits per heavy atom. The summed E-state index contributed by atoms with van der Waals surface area (Å²) in [6, 6.07) is 21.7. The molecule has 0 fully saturated rings. The first-order chi connectivity index (χ1) is 15.6. The highest BCUT2D eigenvalue weighted by Gasteiger charge is 2.35. The maximum absolute atomic E-state index is 13.5. The first-order valence-electron chi connectivity index (χ1n) is 10.1. The first kappa shape index (κ1) is 20.4. The van der Waals surface area contributed by atoms with Gasteiger partial charge in [-0.05, 0) is 30.3 Å². The molecule has 4 aromatic rings. The first-order valence-corrected chi connectivity index (χ1v) is 11.3. The predicted octanol–water partition coefficient (Wildman–Crippen LogP) is 6.16. The Bertz CT molecular complexity index is 1320. The Labute approximate surface area is 194 Å². The van der Waals surface area contributed by atoms with Gasteiger partial charge in [0.05, 0.1) is 16.6 Å². The molecule has 0 spiro atoms. The Kier molecular flexibility index (Phi) is 5.47. The van der Waals surface area contributed by atoms with Crippen LogP contribution < -0.4 is 0 Å². The van der Waals surface area contributed by atoms with Crippen molar-refractivity contribution in [2.45, 2.75) is 12.5 Å². The van der Waals surface area contributed by atoms with Crippen LogP contribution in [0.5, 0.6) is 5.75 Å². The maximum atomic E-state index is 13.5. The molecule has 1 atom stereocenters. The van der Waals surface area contributed by atoms with Crippen LogP contribution in [0.1, 0.15) is 33.3 Å². The van der Waals surface area contributed by atoms with Crippen LogP contribution in [0.2, 0.25) is 5.02 Å². The molecule has 0 aliphatic carbocycles. The number of aromatic hydroxyl groups is 1. The van der Waals surface area contributed by atoms with Crippen molar-refractivity contribution in [1.29, 1.82) is 0 Å². The Morgan fingerprint density at radius 1 is 1.03 bits per heavy atom. The number of pyridine rings is 1. The second-order valence-corrected chi connectivity index (χ2v) is 8.85. The molecule has 3 heterocycles. The van der Waals surface area contributed by atoms with Gasteiger partial charge in [0.2, 0.25) is 0 Å². The number of hydrogen-bond acceptors (Lipinski definition) is 5. The van der Waals surface area contributed by atoms with E-state index in [4.69, 9.17) is 11.6 Å². The van der Waals surface area contributed by atoms with Gasteiger partial charge in [0.15, 0.2) is 0 Å². The third-order valence-electron chi connectivity index (χ3n) is 5.37. The van der Waals surface area contributed by atoms with Crippen LogP contribution in [0.4, 0.5) is 0 Å². The maximum Gasteiger partial charge on any atom is 0.284 e. The van der Waals surface area contributed by atoms with Crippen molar-refractivity contribution in [3.05, 3.63) is 106 Å². The van der Waals surface area contributed by atoms with Gasteiger partial charge in [0, 0.05) is 45.4 Å². The number of phenols is 1. The molecule has 5 nitrogen and oxygen atoms in total. The lowest BCUT2D eigenvalue weighted by Gasteiger charge is -2.22. The number of carbonyl (C=O) groups is 1. The number of thiophene rings is 1. The number of benzene rings is 2. The van der Waals surface area contributed by atoms with Crippen molar-refractivity contribution in [2.24, 2.45) is 5.10 Å². The van der Waals surface area contributed by atoms with E-state index in [1.165, 1.54) is 16.3 Å². The smallest absolute Gasteiger partial charge is 0.284 e. The molecule has 0 saturated heterocycles. The third kappa shape index (κ3) is 3.79. The zero-order valence-corrected chi connectivity index (χ0v) is 18.4. The normalized spacial score (nSPS) is 15.6. The van der Waals surface area contributed by atoms with Crippen LogP contribution in [0.15, 0.2) is 90.3 Å². The number of hydrogen-bond donors (Lipinski definition) is 1. The highest BCUT2D eigenvalue weighted by molar-refractivity contribution is 7.17. The molecule has 0 saturated carbocycles. The number of para-hydroxylation sites is 1. The summed E-state index contributed by atoms with van der Waals surface area (Å²) in [5.41, 5.74) is 3.15. The van der Waals surface area contributed by atoms with Crippen molar-refractivity contribution in [1.82, 2.24) is 9.99 Å². The average Bonchev–Trinajstić information content (AvgIpc) is 3.48. The summed E-state index contributed by atoms with van der Waals surface area (Å²) in [6.45, 7) is 0. The number of amides is 1. The summed E-state index contributed by atoms with van der Waals surface area (Å²) in [7, 11) is 0. The van der Waals surface area contributed by atoms with E-state index in [9.17, 15) is 9.90 Å². The van der Waals surface area contributed by atoms with E-state index >= 15 is 0 Å². The Morgan fingerprint density at radius 2 is 1.84 bits per heavy atom. The number of phenolic OH excluding ortho intramolecular Hbond substituents is 1. The molecule has 0 bridgehead atoms. The van der Waals surface area contributed by atoms with Crippen LogP contribution in [-0.4, -0.2) is 26.7 Å². The summed E-state index contributed by atoms with van der Waals surface area (Å²) in [6.07, 6.45) is 3.91. The van der Waals surface area contributed by atoms with Gasteiger partial charge >= 0.3 is 0 Å². The van der Waals surface area contributed by atoms with Crippen LogP contribution in [0, 0.1) is 0 Å². The molecule has 1 aliphatic heterocycles. The predicted molar refractivity (Wildman–Crippen MR) is 127 cm³/mol. The molecular formula is C25H18ClN3O2S. The fourth-order valence-electron chi connectivity index (χ4n) is 3.79. The van der Waals surface area contributed by atoms with Gasteiger partial charge in [-0.15, -0.1) is 11.3 Å². The van der Waals surface area contributed by atoms with E-state index < -0.39 is 6.04 Å². The quantitative estimate of drug-likeness (QED) is 0.397. The highest BCUT2D eigenvalue weighted by Crippen LogP contribution is 2.39. The van der Waals surface area contributed by atoms with E-state index in [2.05, 4.69) is 10.1 Å². The molecule has 1 aliphatic rings. The van der Waals surface area contributed by atoms with E-state index in [-0.39, 0.29) is 11.7 Å². The van der Waals surface area contributed by atoms with Crippen molar-refractivity contribution in [3.63, 3.8) is 0 Å². The van der Waals surface area contributed by atoms with Gasteiger partial charge in [0.25, 0.3) is 5.91 Å². The average molecular weight is 460 g/mol. The minimum Gasteiger partial charge on any atom is -0.508 e. The van der Waals surface area contributed by atoms with E-state index in [0.29, 0.717) is 21.9 Å². The summed E-state index contributed by atoms with van der Waals surface area (Å²) >= 11 is 7.71. The lowest BCUT2D eigenvalue weighted by Crippen LogP contribution is -2.26. The minimum atomic E-state index is -0.412. The van der Waals surface area contributed by atoms with Crippen molar-refractivity contribution in [2.75, 3.05) is 0 Å². The van der Waals surface area contributed by atoms with Crippen LogP contribution >= 0.6 is 22.9 Å². The third-order valence-corrected chi connectivity index (χ3v) is 6.80. The summed E-state index contributed by atoms with van der Waals surface area (Å²) < 4.78 is 0. The minimum absolute atomic E-state index is 0.140. The molecule has 0 radical (unpaired) electrons. The molecule has 2 aromatic carbocycles. The van der Waals surface area contributed by atoms with Crippen LogP contribution in [0.3, 0.4) is 0 Å². The summed E-state index contributed by atoms with van der Waals surface area (Å²) in [4.78, 5) is 19.2. The SMILES string of the molecule is O=C(c1ccc(-c2ccccc2Cl)s1)N1N=C(c2cccnc2)CC1c1ccccc1O. The van der Waals surface area contributed by atoms with Crippen molar-refractivity contribution >= 4 is 34.6 Å². The molecule has 2 aromatic heterocycles. The second-order valence-electron chi connectivity index (χ2n) is 7.36. The highest BCUT2D eigenvalue weighted by atomic mass is 35.5. The topological polar surface area (TPSA) is 65.8 Å². The number of hydrazone groups is 1. The number of aromatic nitrogens is 1. The fourth-order valence-corrected chi connectivity index (χ4v) is 5.06. The Hall–Kier alpha value is -3.48. The monoisotopic (exact) mass is 459 g/mol. The molecular weight excluding hydrogens is 442 g/mol. The van der Waals surface area contributed by atoms with Crippen LogP contribution in [-0.2, 0) is 0 Å². The molecule has 1 N–H and O–H groups in total. The van der Waals surface area contributed by atoms with Crippen molar-refractivity contribution in [3.8, 4) is 16.2 Å². The zero-order valence-electron chi connectivity index (χ0n) is 16.9. The van der Waals surface area contributed by atoms with Gasteiger partial charge in [-0.1, -0.05) is 54.1 Å². The molecule has 5 rings (SSSR count). The lowest BCUT2D eigenvalue weighted by molar-refractivity contribution is 0.0714. The second kappa shape index (κ2) is 8.57. The summed E-state index contributed by atoms with van der Waals surface area (Å²) in [5, 5.41) is 17.2. The Balaban J connectivity index is 1.52. The number of carbonyl (C=O) groups excluding carboxylic acids is 1. The van der Waals surface area contributed by atoms with Gasteiger partial charge in [-0.25, -0.2) is 5.01 Å². The van der Waals surface area contributed by atoms with E-state index in [0.717, 1.165) is 21.7 Å². The van der Waals surface area contributed by atoms with E-state index in [1.54, 1.807) is 30.6 Å². The van der Waals surface area contributed by atoms with Gasteiger partial charge < -0.3 is 5.11 Å². The molecule has 7 heteroatoms. The standard InChI is InChI=1S/C25H18ClN3O2S/c26-19-9-3-1-7-17(19)23-11-12-24(32-23)25(31)29-21(18-8-2-4-10-22(18)30)14-20(28-29)16-6-5-13-27-15-16/h1-13,15,21,30H,14H2. The molecule has 32 heavy (non-hydrogen) atoms. The van der Waals surface area contributed by atoms with Gasteiger partial charge in [-0.2, -0.15) is 5.10 Å². The zero-order chi connectivity index (χ0) is 22.1. The van der Waals surface area contributed by atoms with Gasteiger partial charge in [-0.3, -0.25) is 9.78 Å². The largest absolute Gasteiger partial charge is 0.508 e. The van der Waals surface area contributed by atoms with Crippen molar-refractivity contribution < 1.29 is 9.90 Å². The van der Waals surface area contributed by atoms with Gasteiger partial charge in [0.1, 0.15) is 5.75 Å². The fraction of sp³-hybridized carbons (Fsp3) is 0.0800. The van der Waals surface area contributed by atoms with E-state index in [1.807, 2.05) is 54.6 Å². The summed E-state index contributed by atoms with van der Waals surface area (Å²) in [5.74, 6) is -0.0821. The number of halogens is 1. The molecule has 1 unspecified atom stereocenters. The lowest BCUT2D eigenvalue weighted by atomic mass is 9.98. The molecule has 158 valence electrons. The van der Waals surface area contributed by atoms with Crippen LogP contribution in [0.25, 0.3) is 10.4 Å². The number of nitrogens with zero attached hydrogens (tertiary/aromatic N) is 3. The number of rotatable bonds is 4.